The zero-order valence-corrected chi connectivity index (χ0v) is 10.6. The number of aromatic hydroxyl groups is 1. The minimum absolute atomic E-state index is 0.315. The van der Waals surface area contributed by atoms with Gasteiger partial charge in [0, 0.05) is 5.39 Å². The van der Waals surface area contributed by atoms with E-state index in [0.29, 0.717) is 10.9 Å². The van der Waals surface area contributed by atoms with E-state index in [4.69, 9.17) is 5.11 Å². The summed E-state index contributed by atoms with van der Waals surface area (Å²) < 4.78 is 0. The van der Waals surface area contributed by atoms with E-state index < -0.39 is 35.3 Å². The Hall–Kier alpha value is -2.83. The third kappa shape index (κ3) is 2.46. The Kier molecular flexibility index (Phi) is 3.43. The third-order valence-electron chi connectivity index (χ3n) is 2.77. The molecule has 2 aromatic rings. The number of hydrogen-bond donors (Lipinski definition) is 4. The first-order valence-corrected chi connectivity index (χ1v) is 5.75. The van der Waals surface area contributed by atoms with Gasteiger partial charge in [-0.3, -0.25) is 14.4 Å². The fourth-order valence-corrected chi connectivity index (χ4v) is 1.85. The molecular formula is C13H12N2O5. The number of carbonyl (C=O) groups excluding carboxylic acids is 1. The normalized spacial score (nSPS) is 10.4. The number of hydrogen-bond acceptors (Lipinski definition) is 4. The van der Waals surface area contributed by atoms with Crippen molar-refractivity contribution in [1.82, 2.24) is 10.3 Å². The number of carbonyl (C=O) groups is 2. The van der Waals surface area contributed by atoms with Crippen molar-refractivity contribution in [2.75, 3.05) is 6.54 Å². The number of aliphatic carboxylic acids is 1. The predicted octanol–water partition coefficient (Wildman–Crippen LogP) is 0.357. The number of fused-ring (bicyclic) bond motifs is 1. The van der Waals surface area contributed by atoms with Crippen molar-refractivity contribution in [1.29, 1.82) is 0 Å². The molecule has 0 saturated carbocycles. The van der Waals surface area contributed by atoms with Gasteiger partial charge < -0.3 is 20.5 Å². The monoisotopic (exact) mass is 276 g/mol. The first-order chi connectivity index (χ1) is 9.40. The van der Waals surface area contributed by atoms with Crippen molar-refractivity contribution >= 4 is 22.8 Å². The fraction of sp³-hybridized carbons (Fsp3) is 0.154. The molecule has 0 aliphatic carbocycles. The molecule has 7 nitrogen and oxygen atoms in total. The molecule has 7 heteroatoms. The number of aromatic nitrogens is 1. The predicted molar refractivity (Wildman–Crippen MR) is 70.9 cm³/mol. The summed E-state index contributed by atoms with van der Waals surface area (Å²) in [6.07, 6.45) is 0. The lowest BCUT2D eigenvalue weighted by Gasteiger charge is -2.07. The van der Waals surface area contributed by atoms with Gasteiger partial charge in [0.05, 0.1) is 5.52 Å². The molecule has 0 saturated heterocycles. The maximum absolute atomic E-state index is 11.8. The third-order valence-corrected chi connectivity index (χ3v) is 2.77. The van der Waals surface area contributed by atoms with Crippen LogP contribution in [0.5, 0.6) is 5.75 Å². The van der Waals surface area contributed by atoms with E-state index in [9.17, 15) is 19.5 Å². The lowest BCUT2D eigenvalue weighted by molar-refractivity contribution is -0.135. The van der Waals surface area contributed by atoms with E-state index in [0.717, 1.165) is 5.56 Å². The summed E-state index contributed by atoms with van der Waals surface area (Å²) >= 11 is 0. The molecule has 0 unspecified atom stereocenters. The number of carboxylic acid groups (broad SMARTS) is 1. The van der Waals surface area contributed by atoms with Gasteiger partial charge in [-0.25, -0.2) is 0 Å². The Labute approximate surface area is 112 Å². The van der Waals surface area contributed by atoms with Gasteiger partial charge in [0.25, 0.3) is 11.5 Å². The van der Waals surface area contributed by atoms with E-state index in [2.05, 4.69) is 4.98 Å². The summed E-state index contributed by atoms with van der Waals surface area (Å²) in [6.45, 7) is 1.19. The first-order valence-electron chi connectivity index (χ1n) is 5.75. The number of carboxylic acids is 1. The van der Waals surface area contributed by atoms with Crippen LogP contribution in [0, 0.1) is 6.92 Å². The highest BCUT2D eigenvalue weighted by Gasteiger charge is 2.19. The van der Waals surface area contributed by atoms with Crippen molar-refractivity contribution in [2.45, 2.75) is 6.92 Å². The van der Waals surface area contributed by atoms with Crippen molar-refractivity contribution in [3.63, 3.8) is 0 Å². The summed E-state index contributed by atoms with van der Waals surface area (Å²) in [5.41, 5.74) is 0.0176. The van der Waals surface area contributed by atoms with Gasteiger partial charge in [0.15, 0.2) is 0 Å². The van der Waals surface area contributed by atoms with Gasteiger partial charge in [-0.15, -0.1) is 0 Å². The van der Waals surface area contributed by atoms with Gasteiger partial charge in [0.1, 0.15) is 17.9 Å². The number of pyridine rings is 1. The lowest BCUT2D eigenvalue weighted by Crippen LogP contribution is -2.33. The van der Waals surface area contributed by atoms with Crippen LogP contribution < -0.4 is 10.9 Å². The SMILES string of the molecule is Cc1ccc2c(O)c(C(=O)NCC(=O)O)c(=O)[nH]c2c1. The second kappa shape index (κ2) is 5.04. The molecule has 0 aliphatic heterocycles. The Morgan fingerprint density at radius 2 is 2.05 bits per heavy atom. The molecule has 0 aliphatic rings. The molecule has 20 heavy (non-hydrogen) atoms. The number of aryl methyl sites for hydroxylation is 1. The largest absolute Gasteiger partial charge is 0.506 e. The molecule has 1 aromatic carbocycles. The van der Waals surface area contributed by atoms with Crippen LogP contribution in [0.4, 0.5) is 0 Å². The first kappa shape index (κ1) is 13.6. The Balaban J connectivity index is 2.54. The molecular weight excluding hydrogens is 264 g/mol. The molecule has 4 N–H and O–H groups in total. The fourth-order valence-electron chi connectivity index (χ4n) is 1.85. The van der Waals surface area contributed by atoms with Crippen LogP contribution in [-0.4, -0.2) is 33.6 Å². The second-order valence-electron chi connectivity index (χ2n) is 4.30. The second-order valence-corrected chi connectivity index (χ2v) is 4.30. The summed E-state index contributed by atoms with van der Waals surface area (Å²) in [6, 6.07) is 4.96. The number of nitrogens with one attached hydrogen (secondary N) is 2. The highest BCUT2D eigenvalue weighted by Crippen LogP contribution is 2.25. The minimum Gasteiger partial charge on any atom is -0.506 e. The molecule has 0 atom stereocenters. The van der Waals surface area contributed by atoms with Gasteiger partial charge in [-0.2, -0.15) is 0 Å². The van der Waals surface area contributed by atoms with Crippen molar-refractivity contribution in [3.8, 4) is 5.75 Å². The van der Waals surface area contributed by atoms with Crippen molar-refractivity contribution in [3.05, 3.63) is 39.7 Å². The smallest absolute Gasteiger partial charge is 0.322 e. The van der Waals surface area contributed by atoms with Gasteiger partial charge in [-0.1, -0.05) is 6.07 Å². The molecule has 0 radical (unpaired) electrons. The van der Waals surface area contributed by atoms with Crippen LogP contribution in [0.3, 0.4) is 0 Å². The van der Waals surface area contributed by atoms with Crippen LogP contribution >= 0.6 is 0 Å². The zero-order chi connectivity index (χ0) is 14.9. The minimum atomic E-state index is -1.24. The average molecular weight is 276 g/mol. The summed E-state index contributed by atoms with van der Waals surface area (Å²) in [5, 5.41) is 20.9. The zero-order valence-electron chi connectivity index (χ0n) is 10.6. The Morgan fingerprint density at radius 3 is 2.70 bits per heavy atom. The number of benzene rings is 1. The topological polar surface area (TPSA) is 119 Å². The molecule has 0 fully saturated rings. The van der Waals surface area contributed by atoms with Crippen LogP contribution in [0.2, 0.25) is 0 Å². The molecule has 2 rings (SSSR count). The van der Waals surface area contributed by atoms with E-state index in [1.165, 1.54) is 0 Å². The Morgan fingerprint density at radius 1 is 1.35 bits per heavy atom. The molecule has 1 aromatic heterocycles. The van der Waals surface area contributed by atoms with Crippen LogP contribution in [0.1, 0.15) is 15.9 Å². The van der Waals surface area contributed by atoms with Crippen LogP contribution in [-0.2, 0) is 4.79 Å². The van der Waals surface area contributed by atoms with Crippen molar-refractivity contribution < 1.29 is 19.8 Å². The Bertz CT molecular complexity index is 763. The summed E-state index contributed by atoms with van der Waals surface area (Å²) in [5.74, 6) is -2.65. The van der Waals surface area contributed by atoms with Crippen LogP contribution in [0.15, 0.2) is 23.0 Å². The number of rotatable bonds is 3. The van der Waals surface area contributed by atoms with E-state index in [-0.39, 0.29) is 0 Å². The molecule has 0 bridgehead atoms. The maximum atomic E-state index is 11.8. The highest BCUT2D eigenvalue weighted by atomic mass is 16.4. The molecule has 1 amide bonds. The standard InChI is InChI=1S/C13H12N2O5/c1-6-2-3-7-8(4-6)15-13(20)10(11(7)18)12(19)14-5-9(16)17/h2-4H,5H2,1H3,(H,14,19)(H,16,17)(H2,15,18,20). The van der Waals surface area contributed by atoms with Crippen LogP contribution in [0.25, 0.3) is 10.9 Å². The molecule has 0 spiro atoms. The highest BCUT2D eigenvalue weighted by molar-refractivity contribution is 6.02. The van der Waals surface area contributed by atoms with Crippen molar-refractivity contribution in [2.24, 2.45) is 0 Å². The number of aromatic amines is 1. The van der Waals surface area contributed by atoms with Gasteiger partial charge in [-0.05, 0) is 24.6 Å². The average Bonchev–Trinajstić information content (AvgIpc) is 2.35. The molecule has 104 valence electrons. The number of H-pyrrole nitrogens is 1. The molecule has 1 heterocycles. The maximum Gasteiger partial charge on any atom is 0.322 e. The lowest BCUT2D eigenvalue weighted by atomic mass is 10.1. The van der Waals surface area contributed by atoms with E-state index in [1.807, 2.05) is 12.2 Å². The number of amides is 1. The van der Waals surface area contributed by atoms with Gasteiger partial charge in [0.2, 0.25) is 0 Å². The van der Waals surface area contributed by atoms with E-state index in [1.54, 1.807) is 18.2 Å². The quantitative estimate of drug-likeness (QED) is 0.645. The summed E-state index contributed by atoms with van der Waals surface area (Å²) in [4.78, 5) is 36.5. The van der Waals surface area contributed by atoms with E-state index >= 15 is 0 Å². The summed E-state index contributed by atoms with van der Waals surface area (Å²) in [7, 11) is 0. The van der Waals surface area contributed by atoms with Gasteiger partial charge >= 0.3 is 5.97 Å².